The number of hydroxylamine groups is 1. The number of aromatic nitrogens is 1. The maximum absolute atomic E-state index is 12.5. The van der Waals surface area contributed by atoms with Gasteiger partial charge in [0, 0.05) is 10.9 Å². The number of carbonyl (C=O) groups excluding carboxylic acids is 1. The first-order valence-electron chi connectivity index (χ1n) is 7.99. The number of nitrogens with zero attached hydrogens (tertiary/aromatic N) is 1. The predicted octanol–water partition coefficient (Wildman–Crippen LogP) is 4.20. The molecule has 0 bridgehead atoms. The summed E-state index contributed by atoms with van der Waals surface area (Å²) in [5.41, 5.74) is 7.97. The Morgan fingerprint density at radius 1 is 1.12 bits per heavy atom. The topological polar surface area (TPSA) is 51.2 Å². The molecule has 24 heavy (non-hydrogen) atoms. The van der Waals surface area contributed by atoms with Crippen LogP contribution < -0.4 is 5.48 Å². The molecule has 0 atom stereocenters. The molecule has 4 nitrogen and oxygen atoms in total. The quantitative estimate of drug-likeness (QED) is 0.733. The van der Waals surface area contributed by atoms with Gasteiger partial charge in [-0.1, -0.05) is 42.0 Å². The Morgan fingerprint density at radius 2 is 1.92 bits per heavy atom. The van der Waals surface area contributed by atoms with Crippen molar-refractivity contribution in [3.05, 3.63) is 65.2 Å². The Hall–Kier alpha value is -2.72. The van der Waals surface area contributed by atoms with Crippen LogP contribution in [-0.4, -0.2) is 17.5 Å². The monoisotopic (exact) mass is 320 g/mol. The lowest BCUT2D eigenvalue weighted by Crippen LogP contribution is -2.24. The van der Waals surface area contributed by atoms with E-state index < -0.39 is 0 Å². The highest BCUT2D eigenvalue weighted by molar-refractivity contribution is 6.06. The van der Waals surface area contributed by atoms with Gasteiger partial charge in [0.25, 0.3) is 5.91 Å². The number of benzene rings is 2. The van der Waals surface area contributed by atoms with Gasteiger partial charge < -0.3 is 0 Å². The lowest BCUT2D eigenvalue weighted by molar-refractivity contribution is 0.0366. The molecule has 0 aliphatic rings. The van der Waals surface area contributed by atoms with Crippen molar-refractivity contribution in [2.75, 3.05) is 6.61 Å². The van der Waals surface area contributed by atoms with Crippen molar-refractivity contribution < 1.29 is 9.63 Å². The number of nitrogens with one attached hydrogen (secondary N) is 1. The van der Waals surface area contributed by atoms with Crippen LogP contribution in [0.25, 0.3) is 22.2 Å². The second-order valence-electron chi connectivity index (χ2n) is 5.75. The molecule has 0 spiro atoms. The van der Waals surface area contributed by atoms with E-state index in [1.165, 1.54) is 5.56 Å². The molecule has 0 fully saturated rings. The maximum Gasteiger partial charge on any atom is 0.275 e. The van der Waals surface area contributed by atoms with Gasteiger partial charge in [-0.15, -0.1) is 0 Å². The summed E-state index contributed by atoms with van der Waals surface area (Å²) in [6, 6.07) is 15.7. The Bertz CT molecular complexity index is 903. The van der Waals surface area contributed by atoms with Crippen molar-refractivity contribution in [1.29, 1.82) is 0 Å². The van der Waals surface area contributed by atoms with Crippen molar-refractivity contribution in [3.8, 4) is 11.3 Å². The summed E-state index contributed by atoms with van der Waals surface area (Å²) >= 11 is 0. The third-order valence-corrected chi connectivity index (χ3v) is 3.93. The van der Waals surface area contributed by atoms with Gasteiger partial charge in [-0.3, -0.25) is 9.63 Å². The van der Waals surface area contributed by atoms with Crippen LogP contribution >= 0.6 is 0 Å². The predicted molar refractivity (Wildman–Crippen MR) is 95.7 cm³/mol. The molecule has 1 heterocycles. The third kappa shape index (κ3) is 3.14. The molecule has 1 amide bonds. The Kier molecular flexibility index (Phi) is 4.58. The highest BCUT2D eigenvalue weighted by atomic mass is 16.6. The van der Waals surface area contributed by atoms with Gasteiger partial charge in [-0.25, -0.2) is 10.5 Å². The normalized spacial score (nSPS) is 10.8. The van der Waals surface area contributed by atoms with Crippen LogP contribution in [-0.2, 0) is 4.84 Å². The largest absolute Gasteiger partial charge is 0.275 e. The molecule has 122 valence electrons. The summed E-state index contributed by atoms with van der Waals surface area (Å²) in [6.07, 6.45) is 0. The summed E-state index contributed by atoms with van der Waals surface area (Å²) in [4.78, 5) is 22.3. The molecule has 0 saturated carbocycles. The highest BCUT2D eigenvalue weighted by Gasteiger charge is 2.14. The van der Waals surface area contributed by atoms with Crippen molar-refractivity contribution >= 4 is 16.8 Å². The zero-order valence-electron chi connectivity index (χ0n) is 14.1. The zero-order chi connectivity index (χ0) is 17.1. The Morgan fingerprint density at radius 3 is 2.67 bits per heavy atom. The molecule has 0 saturated heterocycles. The summed E-state index contributed by atoms with van der Waals surface area (Å²) in [5, 5.41) is 0.809. The number of pyridine rings is 1. The second kappa shape index (κ2) is 6.81. The van der Waals surface area contributed by atoms with Crippen molar-refractivity contribution in [2.45, 2.75) is 20.8 Å². The number of fused-ring (bicyclic) bond motifs is 1. The first-order chi connectivity index (χ1) is 11.6. The lowest BCUT2D eigenvalue weighted by atomic mass is 9.99. The molecule has 2 aromatic carbocycles. The molecule has 0 radical (unpaired) electrons. The molecule has 1 N–H and O–H groups in total. The molecule has 0 aliphatic heterocycles. The smallest absolute Gasteiger partial charge is 0.274 e. The van der Waals surface area contributed by atoms with Gasteiger partial charge in [0.05, 0.1) is 23.4 Å². The van der Waals surface area contributed by atoms with E-state index in [2.05, 4.69) is 31.5 Å². The molecule has 1 aromatic heterocycles. The van der Waals surface area contributed by atoms with E-state index in [-0.39, 0.29) is 5.91 Å². The molecule has 3 aromatic rings. The fraction of sp³-hybridized carbons (Fsp3) is 0.200. The minimum Gasteiger partial charge on any atom is -0.274 e. The summed E-state index contributed by atoms with van der Waals surface area (Å²) in [5.74, 6) is -0.263. The molecule has 3 rings (SSSR count). The number of rotatable bonds is 4. The van der Waals surface area contributed by atoms with Gasteiger partial charge in [-0.05, 0) is 38.5 Å². The fourth-order valence-corrected chi connectivity index (χ4v) is 2.79. The summed E-state index contributed by atoms with van der Waals surface area (Å²) in [7, 11) is 0. The number of carbonyl (C=O) groups is 1. The van der Waals surface area contributed by atoms with E-state index in [9.17, 15) is 4.79 Å². The second-order valence-corrected chi connectivity index (χ2v) is 5.75. The summed E-state index contributed by atoms with van der Waals surface area (Å²) < 4.78 is 0. The first-order valence-corrected chi connectivity index (χ1v) is 7.99. The van der Waals surface area contributed by atoms with Crippen molar-refractivity contribution in [1.82, 2.24) is 10.5 Å². The average Bonchev–Trinajstić information content (AvgIpc) is 2.58. The van der Waals surface area contributed by atoms with E-state index >= 15 is 0 Å². The number of amides is 1. The fourth-order valence-electron chi connectivity index (χ4n) is 2.79. The van der Waals surface area contributed by atoms with Crippen LogP contribution in [0.15, 0.2) is 48.5 Å². The van der Waals surface area contributed by atoms with Crippen LogP contribution in [0, 0.1) is 13.8 Å². The van der Waals surface area contributed by atoms with Gasteiger partial charge in [-0.2, -0.15) is 0 Å². The van der Waals surface area contributed by atoms with Crippen LogP contribution in [0.1, 0.15) is 28.4 Å². The van der Waals surface area contributed by atoms with Crippen LogP contribution in [0.2, 0.25) is 0 Å². The molecule has 0 unspecified atom stereocenters. The third-order valence-electron chi connectivity index (χ3n) is 3.93. The van der Waals surface area contributed by atoms with Gasteiger partial charge in [0.1, 0.15) is 0 Å². The van der Waals surface area contributed by atoms with Crippen LogP contribution in [0.3, 0.4) is 0 Å². The Labute approximate surface area is 141 Å². The molecule has 4 heteroatoms. The van der Waals surface area contributed by atoms with Crippen LogP contribution in [0.5, 0.6) is 0 Å². The van der Waals surface area contributed by atoms with E-state index in [1.54, 1.807) is 0 Å². The first kappa shape index (κ1) is 16.1. The van der Waals surface area contributed by atoms with Crippen molar-refractivity contribution in [3.63, 3.8) is 0 Å². The van der Waals surface area contributed by atoms with E-state index in [0.717, 1.165) is 27.7 Å². The minimum atomic E-state index is -0.263. The molecule has 0 aliphatic carbocycles. The Balaban J connectivity index is 2.18. The number of aryl methyl sites for hydroxylation is 2. The average molecular weight is 320 g/mol. The van der Waals surface area contributed by atoms with Gasteiger partial charge in [0.15, 0.2) is 0 Å². The minimum absolute atomic E-state index is 0.263. The number of para-hydroxylation sites is 1. The zero-order valence-corrected chi connectivity index (χ0v) is 14.1. The molecular weight excluding hydrogens is 300 g/mol. The molecular formula is C20H20N2O2. The SMILES string of the molecule is CCONC(=O)c1cc(-c2ccc(C)cc2C)nc2ccccc12. The number of hydrogen-bond acceptors (Lipinski definition) is 3. The number of hydrogen-bond donors (Lipinski definition) is 1. The highest BCUT2D eigenvalue weighted by Crippen LogP contribution is 2.27. The standard InChI is InChI=1S/C20H20N2O2/c1-4-24-22-20(23)17-12-19(15-10-9-13(2)11-14(15)3)21-18-8-6-5-7-16(17)18/h5-12H,4H2,1-3H3,(H,22,23). The lowest BCUT2D eigenvalue weighted by Gasteiger charge is -2.12. The summed E-state index contributed by atoms with van der Waals surface area (Å²) in [6.45, 7) is 6.36. The van der Waals surface area contributed by atoms with Crippen molar-refractivity contribution in [2.24, 2.45) is 0 Å². The van der Waals surface area contributed by atoms with Gasteiger partial charge >= 0.3 is 0 Å². The van der Waals surface area contributed by atoms with Gasteiger partial charge in [0.2, 0.25) is 0 Å². The maximum atomic E-state index is 12.5. The van der Waals surface area contributed by atoms with Crippen LogP contribution in [0.4, 0.5) is 0 Å². The van der Waals surface area contributed by atoms with E-state index in [4.69, 9.17) is 9.82 Å². The van der Waals surface area contributed by atoms with E-state index in [0.29, 0.717) is 12.2 Å². The van der Waals surface area contributed by atoms with E-state index in [1.807, 2.05) is 43.3 Å².